The second-order valence-corrected chi connectivity index (χ2v) is 11.0. The Morgan fingerprint density at radius 3 is 2.43 bits per heavy atom. The highest BCUT2D eigenvalue weighted by Gasteiger charge is 2.41. The SMILES string of the molecule is CC1Cc2c([nH]c3ccc(F)cc23)C(c2c(F)cc(OCCN3CC(CF)C3)cc2F)N1CC(C)(C)F. The molecule has 37 heavy (non-hydrogen) atoms. The Kier molecular flexibility index (Phi) is 6.96. The Labute approximate surface area is 213 Å². The van der Waals surface area contributed by atoms with Crippen molar-refractivity contribution in [3.05, 3.63) is 64.6 Å². The van der Waals surface area contributed by atoms with Gasteiger partial charge in [0.1, 0.15) is 35.5 Å². The summed E-state index contributed by atoms with van der Waals surface area (Å²) in [6.45, 7) is 6.42. The molecular weight excluding hydrogens is 489 g/mol. The van der Waals surface area contributed by atoms with Crippen molar-refractivity contribution in [2.75, 3.05) is 39.5 Å². The molecule has 1 aromatic heterocycles. The van der Waals surface area contributed by atoms with Gasteiger partial charge in [-0.2, -0.15) is 0 Å². The summed E-state index contributed by atoms with van der Waals surface area (Å²) in [6, 6.07) is 5.46. The summed E-state index contributed by atoms with van der Waals surface area (Å²) >= 11 is 0. The van der Waals surface area contributed by atoms with E-state index in [0.717, 1.165) is 17.7 Å². The molecule has 9 heteroatoms. The Morgan fingerprint density at radius 2 is 1.78 bits per heavy atom. The van der Waals surface area contributed by atoms with Gasteiger partial charge < -0.3 is 9.72 Å². The predicted molar refractivity (Wildman–Crippen MR) is 133 cm³/mol. The van der Waals surface area contributed by atoms with Crippen molar-refractivity contribution in [1.29, 1.82) is 0 Å². The van der Waals surface area contributed by atoms with Crippen LogP contribution >= 0.6 is 0 Å². The van der Waals surface area contributed by atoms with Gasteiger partial charge in [0, 0.05) is 72.4 Å². The molecule has 4 nitrogen and oxygen atoms in total. The highest BCUT2D eigenvalue weighted by molar-refractivity contribution is 5.85. The average Bonchev–Trinajstić information content (AvgIpc) is 3.13. The molecule has 200 valence electrons. The zero-order valence-corrected chi connectivity index (χ0v) is 21.3. The molecule has 2 atom stereocenters. The van der Waals surface area contributed by atoms with Crippen molar-refractivity contribution in [1.82, 2.24) is 14.8 Å². The molecule has 3 heterocycles. The molecule has 2 aromatic carbocycles. The number of hydrogen-bond donors (Lipinski definition) is 1. The number of hydrogen-bond acceptors (Lipinski definition) is 3. The van der Waals surface area contributed by atoms with E-state index in [4.69, 9.17) is 4.74 Å². The van der Waals surface area contributed by atoms with E-state index in [1.54, 1.807) is 11.0 Å². The van der Waals surface area contributed by atoms with E-state index < -0.39 is 29.2 Å². The van der Waals surface area contributed by atoms with Crippen LogP contribution in [0, 0.1) is 23.4 Å². The molecular formula is C28H32F5N3O. The number of nitrogens with zero attached hydrogens (tertiary/aromatic N) is 2. The fourth-order valence-corrected chi connectivity index (χ4v) is 5.67. The quantitative estimate of drug-likeness (QED) is 0.372. The number of aromatic nitrogens is 1. The van der Waals surface area contributed by atoms with Crippen LogP contribution in [0.15, 0.2) is 30.3 Å². The van der Waals surface area contributed by atoms with E-state index in [0.29, 0.717) is 42.7 Å². The second kappa shape index (κ2) is 9.91. The van der Waals surface area contributed by atoms with Gasteiger partial charge in [-0.1, -0.05) is 0 Å². The molecule has 5 rings (SSSR count). The molecule has 3 aromatic rings. The van der Waals surface area contributed by atoms with Gasteiger partial charge in [0.25, 0.3) is 0 Å². The van der Waals surface area contributed by atoms with Crippen LogP contribution in [0.2, 0.25) is 0 Å². The van der Waals surface area contributed by atoms with Gasteiger partial charge in [-0.05, 0) is 51.0 Å². The van der Waals surface area contributed by atoms with E-state index in [-0.39, 0.29) is 43.1 Å². The zero-order valence-electron chi connectivity index (χ0n) is 21.3. The van der Waals surface area contributed by atoms with Gasteiger partial charge in [-0.3, -0.25) is 14.2 Å². The van der Waals surface area contributed by atoms with Gasteiger partial charge in [0.2, 0.25) is 0 Å². The molecule has 2 aliphatic heterocycles. The van der Waals surface area contributed by atoms with E-state index in [9.17, 15) is 13.2 Å². The minimum Gasteiger partial charge on any atom is -0.492 e. The summed E-state index contributed by atoms with van der Waals surface area (Å²) in [4.78, 5) is 7.02. The van der Waals surface area contributed by atoms with E-state index >= 15 is 8.78 Å². The number of fused-ring (bicyclic) bond motifs is 3. The first-order chi connectivity index (χ1) is 17.5. The molecule has 0 saturated carbocycles. The highest BCUT2D eigenvalue weighted by Crippen LogP contribution is 2.44. The summed E-state index contributed by atoms with van der Waals surface area (Å²) in [5.41, 5.74) is 0.155. The predicted octanol–water partition coefficient (Wildman–Crippen LogP) is 5.95. The second-order valence-electron chi connectivity index (χ2n) is 11.0. The molecule has 1 N–H and O–H groups in total. The summed E-state index contributed by atoms with van der Waals surface area (Å²) in [5.74, 6) is -1.89. The number of rotatable bonds is 8. The van der Waals surface area contributed by atoms with Gasteiger partial charge in [0.05, 0.1) is 12.7 Å². The molecule has 1 saturated heterocycles. The topological polar surface area (TPSA) is 31.5 Å². The lowest BCUT2D eigenvalue weighted by Crippen LogP contribution is -2.49. The van der Waals surface area contributed by atoms with Gasteiger partial charge in [-0.25, -0.2) is 17.6 Å². The standard InChI is InChI=1S/C28H32F5N3O/c1-16-8-21-20-9-18(30)4-5-24(20)34-26(21)27(36(16)15-28(2,3)33)25-22(31)10-19(11-23(25)32)37-7-6-35-13-17(12-29)14-35/h4-5,9-11,16-17,27,34H,6-8,12-15H2,1-3H3. The van der Waals surface area contributed by atoms with E-state index in [1.807, 2.05) is 11.8 Å². The molecule has 0 spiro atoms. The number of likely N-dealkylation sites (tertiary alicyclic amines) is 1. The number of H-pyrrole nitrogens is 1. The van der Waals surface area contributed by atoms with Crippen molar-refractivity contribution < 1.29 is 26.7 Å². The summed E-state index contributed by atoms with van der Waals surface area (Å²) in [7, 11) is 0. The summed E-state index contributed by atoms with van der Waals surface area (Å²) in [5, 5.41) is 0.660. The van der Waals surface area contributed by atoms with Gasteiger partial charge in [0.15, 0.2) is 0 Å². The first-order valence-corrected chi connectivity index (χ1v) is 12.7. The van der Waals surface area contributed by atoms with Crippen LogP contribution in [0.25, 0.3) is 10.9 Å². The number of nitrogens with one attached hydrogen (secondary N) is 1. The monoisotopic (exact) mass is 521 g/mol. The largest absolute Gasteiger partial charge is 0.492 e. The van der Waals surface area contributed by atoms with Crippen molar-refractivity contribution >= 4 is 10.9 Å². The third-order valence-electron chi connectivity index (χ3n) is 7.38. The van der Waals surface area contributed by atoms with Crippen molar-refractivity contribution in [3.63, 3.8) is 0 Å². The maximum Gasteiger partial charge on any atom is 0.135 e. The number of halogens is 5. The number of alkyl halides is 2. The Balaban J connectivity index is 1.48. The first kappa shape index (κ1) is 26.0. The van der Waals surface area contributed by atoms with Crippen LogP contribution in [-0.2, 0) is 6.42 Å². The molecule has 2 unspecified atom stereocenters. The summed E-state index contributed by atoms with van der Waals surface area (Å²) in [6.07, 6.45) is 0.482. The molecule has 2 aliphatic rings. The van der Waals surface area contributed by atoms with Crippen LogP contribution in [-0.4, -0.2) is 66.0 Å². The van der Waals surface area contributed by atoms with Gasteiger partial charge in [-0.15, -0.1) is 0 Å². The Bertz CT molecular complexity index is 1260. The smallest absolute Gasteiger partial charge is 0.135 e. The van der Waals surface area contributed by atoms with Gasteiger partial charge >= 0.3 is 0 Å². The Hall–Kier alpha value is -2.65. The normalized spacial score (nSPS) is 21.3. The summed E-state index contributed by atoms with van der Waals surface area (Å²) < 4.78 is 78.4. The maximum absolute atomic E-state index is 15.6. The van der Waals surface area contributed by atoms with Crippen molar-refractivity contribution in [2.24, 2.45) is 5.92 Å². The molecule has 0 radical (unpaired) electrons. The number of benzene rings is 2. The molecule has 0 amide bonds. The van der Waals surface area contributed by atoms with Crippen LogP contribution in [0.5, 0.6) is 5.75 Å². The first-order valence-electron chi connectivity index (χ1n) is 12.7. The minimum atomic E-state index is -1.61. The number of aromatic amines is 1. The van der Waals surface area contributed by atoms with E-state index in [2.05, 4.69) is 4.98 Å². The zero-order chi connectivity index (χ0) is 26.5. The lowest BCUT2D eigenvalue weighted by atomic mass is 9.87. The fraction of sp³-hybridized carbons (Fsp3) is 0.500. The Morgan fingerprint density at radius 1 is 1.08 bits per heavy atom. The van der Waals surface area contributed by atoms with E-state index in [1.165, 1.54) is 26.0 Å². The average molecular weight is 522 g/mol. The minimum absolute atomic E-state index is 0.0468. The van der Waals surface area contributed by atoms with Crippen LogP contribution in [0.3, 0.4) is 0 Å². The third kappa shape index (κ3) is 5.21. The molecule has 0 bridgehead atoms. The van der Waals surface area contributed by atoms with Crippen molar-refractivity contribution in [2.45, 2.75) is 44.9 Å². The lowest BCUT2D eigenvalue weighted by Gasteiger charge is -2.43. The molecule has 0 aliphatic carbocycles. The highest BCUT2D eigenvalue weighted by atomic mass is 19.2. The lowest BCUT2D eigenvalue weighted by molar-refractivity contribution is 0.0637. The van der Waals surface area contributed by atoms with Crippen molar-refractivity contribution in [3.8, 4) is 5.75 Å². The third-order valence-corrected chi connectivity index (χ3v) is 7.38. The molecule has 1 fully saturated rings. The fourth-order valence-electron chi connectivity index (χ4n) is 5.67. The maximum atomic E-state index is 15.6. The van der Waals surface area contributed by atoms with Crippen LogP contribution in [0.1, 0.15) is 43.6 Å². The van der Waals surface area contributed by atoms with Crippen LogP contribution in [0.4, 0.5) is 22.0 Å². The number of ether oxygens (including phenoxy) is 1. The van der Waals surface area contributed by atoms with Crippen LogP contribution < -0.4 is 4.74 Å².